The number of Topliss-reactive ketones (excluding diaryl/α,β-unsaturated/α-hetero) is 1. The lowest BCUT2D eigenvalue weighted by Gasteiger charge is -2.19. The molecule has 1 atom stereocenters. The summed E-state index contributed by atoms with van der Waals surface area (Å²) in [5.41, 5.74) is 1.09. The fourth-order valence-electron chi connectivity index (χ4n) is 2.26. The number of halogens is 2. The number of hydrogen-bond donors (Lipinski definition) is 1. The van der Waals surface area contributed by atoms with Crippen molar-refractivity contribution in [2.45, 2.75) is 25.3 Å². The number of allylic oxidation sites excluding steroid dienone is 1. The number of hydrogen-bond acceptors (Lipinski definition) is 2. The first kappa shape index (κ1) is 18.5. The summed E-state index contributed by atoms with van der Waals surface area (Å²) in [7, 11) is 0. The first-order valence-electron chi connectivity index (χ1n) is 7.90. The predicted octanol–water partition coefficient (Wildman–Crippen LogP) is 4.11. The van der Waals surface area contributed by atoms with Crippen LogP contribution in [0.5, 0.6) is 0 Å². The van der Waals surface area contributed by atoms with E-state index >= 15 is 0 Å². The van der Waals surface area contributed by atoms with Gasteiger partial charge in [0.2, 0.25) is 5.78 Å². The highest BCUT2D eigenvalue weighted by Crippen LogP contribution is 2.23. The van der Waals surface area contributed by atoms with Gasteiger partial charge in [-0.25, -0.2) is 0 Å². The van der Waals surface area contributed by atoms with Crippen molar-refractivity contribution < 1.29 is 18.4 Å². The molecule has 1 amide bonds. The molecule has 0 aromatic heterocycles. The lowest BCUT2D eigenvalue weighted by molar-refractivity contribution is -0.144. The van der Waals surface area contributed by atoms with E-state index in [2.05, 4.69) is 5.32 Å². The zero-order chi connectivity index (χ0) is 18.3. The van der Waals surface area contributed by atoms with Crippen molar-refractivity contribution in [1.29, 1.82) is 0 Å². The van der Waals surface area contributed by atoms with Crippen LogP contribution in [0.2, 0.25) is 0 Å². The van der Waals surface area contributed by atoms with Crippen LogP contribution in [0.3, 0.4) is 0 Å². The van der Waals surface area contributed by atoms with Crippen LogP contribution >= 0.6 is 0 Å². The van der Waals surface area contributed by atoms with Gasteiger partial charge in [-0.2, -0.15) is 8.78 Å². The van der Waals surface area contributed by atoms with E-state index < -0.39 is 30.1 Å². The van der Waals surface area contributed by atoms with Gasteiger partial charge in [-0.05, 0) is 24.6 Å². The van der Waals surface area contributed by atoms with E-state index in [9.17, 15) is 18.4 Å². The van der Waals surface area contributed by atoms with Crippen LogP contribution < -0.4 is 5.32 Å². The van der Waals surface area contributed by atoms with Crippen LogP contribution in [-0.4, -0.2) is 23.7 Å². The number of nitrogens with one attached hydrogen (secondary N) is 1. The highest BCUT2D eigenvalue weighted by Gasteiger charge is 2.40. The molecule has 0 fully saturated rings. The maximum absolute atomic E-state index is 14.1. The van der Waals surface area contributed by atoms with Crippen molar-refractivity contribution >= 4 is 17.8 Å². The molecule has 1 unspecified atom stereocenters. The third-order valence-corrected chi connectivity index (χ3v) is 3.62. The monoisotopic (exact) mass is 343 g/mol. The fraction of sp³-hybridized carbons (Fsp3) is 0.200. The summed E-state index contributed by atoms with van der Waals surface area (Å²) in [6.07, 6.45) is 2.08. The molecular weight excluding hydrogens is 324 g/mol. The molecule has 0 bridgehead atoms. The van der Waals surface area contributed by atoms with E-state index in [1.54, 1.807) is 54.6 Å². The molecule has 0 aliphatic carbocycles. The van der Waals surface area contributed by atoms with E-state index in [4.69, 9.17) is 0 Å². The first-order chi connectivity index (χ1) is 11.9. The number of ketones is 1. The van der Waals surface area contributed by atoms with Gasteiger partial charge in [0, 0.05) is 12.0 Å². The highest BCUT2D eigenvalue weighted by atomic mass is 19.3. The minimum absolute atomic E-state index is 0.314. The lowest BCUT2D eigenvalue weighted by Crippen LogP contribution is -2.46. The summed E-state index contributed by atoms with van der Waals surface area (Å²) < 4.78 is 28.1. The number of carbonyl (C=O) groups is 2. The zero-order valence-corrected chi connectivity index (χ0v) is 13.8. The Morgan fingerprint density at radius 3 is 2.20 bits per heavy atom. The Bertz CT molecular complexity index is 743. The van der Waals surface area contributed by atoms with Crippen molar-refractivity contribution in [3.63, 3.8) is 0 Å². The molecule has 0 aliphatic rings. The minimum Gasteiger partial charge on any atom is -0.342 e. The largest absolute Gasteiger partial charge is 0.342 e. The standard InChI is InChI=1S/C20H19F2NO2/c1-15(23-19(25)17-12-6-3-7-13-17)18(24)20(21,22)14-8-11-16-9-4-2-5-10-16/h2-13,15H,14H2,1H3,(H,23,25)/b11-8+. The van der Waals surface area contributed by atoms with Crippen molar-refractivity contribution in [2.75, 3.05) is 0 Å². The minimum atomic E-state index is -3.55. The molecule has 130 valence electrons. The van der Waals surface area contributed by atoms with Crippen molar-refractivity contribution in [1.82, 2.24) is 5.32 Å². The molecule has 0 saturated carbocycles. The number of amides is 1. The Hall–Kier alpha value is -2.82. The van der Waals surface area contributed by atoms with Crippen LogP contribution in [0.15, 0.2) is 66.7 Å². The van der Waals surface area contributed by atoms with Gasteiger partial charge in [0.1, 0.15) is 0 Å². The molecule has 0 heterocycles. The Morgan fingerprint density at radius 1 is 1.04 bits per heavy atom. The normalized spacial score (nSPS) is 12.8. The van der Waals surface area contributed by atoms with E-state index in [1.165, 1.54) is 19.1 Å². The molecule has 0 aliphatic heterocycles. The summed E-state index contributed by atoms with van der Waals surface area (Å²) in [5, 5.41) is 2.32. The van der Waals surface area contributed by atoms with Gasteiger partial charge in [-0.15, -0.1) is 0 Å². The van der Waals surface area contributed by atoms with E-state index in [1.807, 2.05) is 6.07 Å². The quantitative estimate of drug-likeness (QED) is 0.822. The van der Waals surface area contributed by atoms with Gasteiger partial charge >= 0.3 is 5.92 Å². The van der Waals surface area contributed by atoms with E-state index in [0.717, 1.165) is 5.56 Å². The summed E-state index contributed by atoms with van der Waals surface area (Å²) in [6, 6.07) is 15.8. The summed E-state index contributed by atoms with van der Waals surface area (Å²) in [6.45, 7) is 1.26. The lowest BCUT2D eigenvalue weighted by atomic mass is 10.0. The Kier molecular flexibility index (Phi) is 6.17. The van der Waals surface area contributed by atoms with Gasteiger partial charge in [0.15, 0.2) is 0 Å². The third-order valence-electron chi connectivity index (χ3n) is 3.62. The van der Waals surface area contributed by atoms with Crippen LogP contribution in [0.25, 0.3) is 6.08 Å². The molecule has 0 radical (unpaired) electrons. The summed E-state index contributed by atoms with van der Waals surface area (Å²) in [5.74, 6) is -5.42. The predicted molar refractivity (Wildman–Crippen MR) is 93.4 cm³/mol. The smallest absolute Gasteiger partial charge is 0.310 e. The maximum Gasteiger partial charge on any atom is 0.310 e. The van der Waals surface area contributed by atoms with Crippen molar-refractivity contribution in [3.8, 4) is 0 Å². The van der Waals surface area contributed by atoms with E-state index in [-0.39, 0.29) is 0 Å². The molecule has 1 N–H and O–H groups in total. The summed E-state index contributed by atoms with van der Waals surface area (Å²) >= 11 is 0. The van der Waals surface area contributed by atoms with Crippen LogP contribution in [0, 0.1) is 0 Å². The molecule has 3 nitrogen and oxygen atoms in total. The Labute approximate surface area is 145 Å². The van der Waals surface area contributed by atoms with Gasteiger partial charge in [0.25, 0.3) is 5.91 Å². The average molecular weight is 343 g/mol. The van der Waals surface area contributed by atoms with Crippen LogP contribution in [0.4, 0.5) is 8.78 Å². The van der Waals surface area contributed by atoms with Crippen molar-refractivity contribution in [2.24, 2.45) is 0 Å². The molecular formula is C20H19F2NO2. The highest BCUT2D eigenvalue weighted by molar-refractivity contribution is 5.99. The molecule has 2 aromatic carbocycles. The van der Waals surface area contributed by atoms with Gasteiger partial charge in [0.05, 0.1) is 6.04 Å². The zero-order valence-electron chi connectivity index (χ0n) is 13.8. The van der Waals surface area contributed by atoms with Crippen molar-refractivity contribution in [3.05, 3.63) is 77.9 Å². The SMILES string of the molecule is CC(NC(=O)c1ccccc1)C(=O)C(F)(F)C/C=C/c1ccccc1. The third kappa shape index (κ3) is 5.35. The molecule has 2 rings (SSSR count). The molecule has 25 heavy (non-hydrogen) atoms. The van der Waals surface area contributed by atoms with Gasteiger partial charge < -0.3 is 5.32 Å². The first-order valence-corrected chi connectivity index (χ1v) is 7.90. The number of rotatable bonds is 7. The fourth-order valence-corrected chi connectivity index (χ4v) is 2.26. The second kappa shape index (κ2) is 8.33. The Balaban J connectivity index is 1.95. The molecule has 0 spiro atoms. The summed E-state index contributed by atoms with van der Waals surface area (Å²) in [4.78, 5) is 23.9. The van der Waals surface area contributed by atoms with Crippen LogP contribution in [0.1, 0.15) is 29.3 Å². The second-order valence-corrected chi connectivity index (χ2v) is 5.65. The molecule has 5 heteroatoms. The molecule has 2 aromatic rings. The van der Waals surface area contributed by atoms with Gasteiger partial charge in [-0.1, -0.05) is 60.7 Å². The molecule has 0 saturated heterocycles. The number of carbonyl (C=O) groups excluding carboxylic acids is 2. The number of alkyl halides is 2. The van der Waals surface area contributed by atoms with Crippen LogP contribution in [-0.2, 0) is 4.79 Å². The van der Waals surface area contributed by atoms with Gasteiger partial charge in [-0.3, -0.25) is 9.59 Å². The Morgan fingerprint density at radius 2 is 1.60 bits per heavy atom. The van der Waals surface area contributed by atoms with E-state index in [0.29, 0.717) is 5.56 Å². The average Bonchev–Trinajstić information content (AvgIpc) is 2.62. The maximum atomic E-state index is 14.1. The topological polar surface area (TPSA) is 46.2 Å². The second-order valence-electron chi connectivity index (χ2n) is 5.65. The number of benzene rings is 2.